The van der Waals surface area contributed by atoms with Gasteiger partial charge in [-0.1, -0.05) is 0 Å². The minimum Gasteiger partial charge on any atom is -0.493 e. The second-order valence-corrected chi connectivity index (χ2v) is 6.90. The summed E-state index contributed by atoms with van der Waals surface area (Å²) in [5, 5.41) is 8.59. The Kier molecular flexibility index (Phi) is 4.57. The van der Waals surface area contributed by atoms with Gasteiger partial charge >= 0.3 is 0 Å². The zero-order valence-electron chi connectivity index (χ0n) is 14.9. The first-order valence-corrected chi connectivity index (χ1v) is 8.97. The van der Waals surface area contributed by atoms with Crippen LogP contribution in [0.5, 0.6) is 11.5 Å². The van der Waals surface area contributed by atoms with Crippen LogP contribution in [0.2, 0.25) is 0 Å². The molecule has 1 atom stereocenters. The third kappa shape index (κ3) is 3.33. The average Bonchev–Trinajstić information content (AvgIpc) is 3.38. The first-order valence-electron chi connectivity index (χ1n) is 8.97. The summed E-state index contributed by atoms with van der Waals surface area (Å²) in [5.74, 6) is 3.05. The molecule has 0 unspecified atom stereocenters. The summed E-state index contributed by atoms with van der Waals surface area (Å²) in [7, 11) is 3.32. The molecule has 0 spiro atoms. The third-order valence-electron chi connectivity index (χ3n) is 5.15. The van der Waals surface area contributed by atoms with Gasteiger partial charge in [0.1, 0.15) is 17.8 Å². The molecule has 0 radical (unpaired) electrons. The summed E-state index contributed by atoms with van der Waals surface area (Å²) >= 11 is 0. The second kappa shape index (κ2) is 7.00. The minimum absolute atomic E-state index is 0.438. The molecule has 3 heterocycles. The van der Waals surface area contributed by atoms with Gasteiger partial charge in [0.25, 0.3) is 0 Å². The van der Waals surface area contributed by atoms with E-state index in [0.29, 0.717) is 12.0 Å². The Balaban J connectivity index is 1.49. The Morgan fingerprint density at radius 2 is 2.08 bits per heavy atom. The van der Waals surface area contributed by atoms with E-state index in [9.17, 15) is 0 Å². The Labute approximate surface area is 148 Å². The number of nitrogens with zero attached hydrogens (tertiary/aromatic N) is 5. The van der Waals surface area contributed by atoms with E-state index in [0.717, 1.165) is 49.1 Å². The van der Waals surface area contributed by atoms with Crippen LogP contribution in [-0.2, 0) is 6.54 Å². The Morgan fingerprint density at radius 1 is 1.20 bits per heavy atom. The Hall–Kier alpha value is -2.15. The molecule has 0 aromatic carbocycles. The summed E-state index contributed by atoms with van der Waals surface area (Å²) in [5.41, 5.74) is 0.922. The van der Waals surface area contributed by atoms with Crippen LogP contribution in [0.3, 0.4) is 0 Å². The minimum atomic E-state index is 0.438. The van der Waals surface area contributed by atoms with Crippen molar-refractivity contribution < 1.29 is 9.47 Å². The molecule has 7 heteroatoms. The molecule has 2 aromatic rings. The predicted molar refractivity (Wildman–Crippen MR) is 92.9 cm³/mol. The van der Waals surface area contributed by atoms with Gasteiger partial charge < -0.3 is 14.0 Å². The van der Waals surface area contributed by atoms with E-state index in [2.05, 4.69) is 24.6 Å². The summed E-state index contributed by atoms with van der Waals surface area (Å²) in [6, 6.07) is 2.46. The highest BCUT2D eigenvalue weighted by molar-refractivity contribution is 5.42. The molecular weight excluding hydrogens is 318 g/mol. The number of pyridine rings is 1. The lowest BCUT2D eigenvalue weighted by Gasteiger charge is -2.32. The highest BCUT2D eigenvalue weighted by Crippen LogP contribution is 2.38. The maximum Gasteiger partial charge on any atom is 0.183 e. The van der Waals surface area contributed by atoms with Crippen LogP contribution in [0.1, 0.15) is 49.2 Å². The summed E-state index contributed by atoms with van der Waals surface area (Å²) < 4.78 is 13.2. The van der Waals surface area contributed by atoms with Gasteiger partial charge in [-0.2, -0.15) is 0 Å². The average molecular weight is 343 g/mol. The molecule has 1 saturated heterocycles. The monoisotopic (exact) mass is 343 g/mol. The van der Waals surface area contributed by atoms with E-state index in [4.69, 9.17) is 9.47 Å². The molecule has 1 aliphatic carbocycles. The van der Waals surface area contributed by atoms with E-state index in [1.807, 2.05) is 12.4 Å². The maximum absolute atomic E-state index is 5.53. The summed E-state index contributed by atoms with van der Waals surface area (Å²) in [6.45, 7) is 2.80. The molecule has 7 nitrogen and oxygen atoms in total. The Bertz CT molecular complexity index is 728. The van der Waals surface area contributed by atoms with Crippen molar-refractivity contribution >= 4 is 0 Å². The van der Waals surface area contributed by atoms with Gasteiger partial charge in [0.15, 0.2) is 11.5 Å². The number of rotatable bonds is 6. The molecule has 2 aromatic heterocycles. The van der Waals surface area contributed by atoms with Gasteiger partial charge in [0.05, 0.1) is 14.2 Å². The van der Waals surface area contributed by atoms with Crippen molar-refractivity contribution in [2.75, 3.05) is 27.3 Å². The van der Waals surface area contributed by atoms with Crippen molar-refractivity contribution in [1.82, 2.24) is 24.6 Å². The van der Waals surface area contributed by atoms with Gasteiger partial charge in [0.2, 0.25) is 0 Å². The van der Waals surface area contributed by atoms with E-state index in [1.54, 1.807) is 20.4 Å². The van der Waals surface area contributed by atoms with Crippen LogP contribution >= 0.6 is 0 Å². The Morgan fingerprint density at radius 3 is 2.84 bits per heavy atom. The number of hydrogen-bond acceptors (Lipinski definition) is 6. The van der Waals surface area contributed by atoms with Crippen LogP contribution in [0.25, 0.3) is 0 Å². The van der Waals surface area contributed by atoms with Crippen LogP contribution in [-0.4, -0.2) is 52.0 Å². The van der Waals surface area contributed by atoms with Crippen molar-refractivity contribution in [3.05, 3.63) is 30.1 Å². The topological polar surface area (TPSA) is 65.3 Å². The molecule has 4 rings (SSSR count). The molecular formula is C18H25N5O2. The molecule has 2 fully saturated rings. The molecule has 0 N–H and O–H groups in total. The molecule has 1 aliphatic heterocycles. The quantitative estimate of drug-likeness (QED) is 0.802. The fourth-order valence-electron chi connectivity index (χ4n) is 3.76. The van der Waals surface area contributed by atoms with Crippen molar-refractivity contribution in [2.24, 2.45) is 0 Å². The van der Waals surface area contributed by atoms with Gasteiger partial charge in [0, 0.05) is 37.3 Å². The number of methoxy groups -OCH3 is 2. The first kappa shape index (κ1) is 16.3. The number of aromatic nitrogens is 4. The first-order chi connectivity index (χ1) is 12.3. The van der Waals surface area contributed by atoms with Gasteiger partial charge in [-0.05, 0) is 32.2 Å². The molecule has 134 valence electrons. The van der Waals surface area contributed by atoms with Crippen molar-refractivity contribution in [2.45, 2.75) is 44.2 Å². The largest absolute Gasteiger partial charge is 0.493 e. The number of piperidine rings is 1. The van der Waals surface area contributed by atoms with Crippen LogP contribution in [0.4, 0.5) is 0 Å². The smallest absolute Gasteiger partial charge is 0.183 e. The SMILES string of the molecule is COc1ccnc(CN2CCC[C@H](c3nncn3C3CC3)C2)c1OC. The molecule has 2 aliphatic rings. The van der Waals surface area contributed by atoms with Crippen molar-refractivity contribution in [3.63, 3.8) is 0 Å². The van der Waals surface area contributed by atoms with Crippen LogP contribution in [0, 0.1) is 0 Å². The number of ether oxygens (including phenoxy) is 2. The lowest BCUT2D eigenvalue weighted by Crippen LogP contribution is -2.35. The highest BCUT2D eigenvalue weighted by Gasteiger charge is 2.31. The number of likely N-dealkylation sites (tertiary alicyclic amines) is 1. The van der Waals surface area contributed by atoms with E-state index in [-0.39, 0.29) is 0 Å². The molecule has 0 amide bonds. The molecule has 25 heavy (non-hydrogen) atoms. The van der Waals surface area contributed by atoms with E-state index in [1.165, 1.54) is 19.3 Å². The lowest BCUT2D eigenvalue weighted by atomic mass is 9.97. The summed E-state index contributed by atoms with van der Waals surface area (Å²) in [6.07, 6.45) is 8.53. The van der Waals surface area contributed by atoms with Crippen molar-refractivity contribution in [1.29, 1.82) is 0 Å². The summed E-state index contributed by atoms with van der Waals surface area (Å²) in [4.78, 5) is 6.95. The zero-order valence-corrected chi connectivity index (χ0v) is 14.9. The molecule has 1 saturated carbocycles. The number of hydrogen-bond donors (Lipinski definition) is 0. The van der Waals surface area contributed by atoms with Gasteiger partial charge in [-0.15, -0.1) is 10.2 Å². The second-order valence-electron chi connectivity index (χ2n) is 6.90. The highest BCUT2D eigenvalue weighted by atomic mass is 16.5. The van der Waals surface area contributed by atoms with Crippen LogP contribution in [0.15, 0.2) is 18.6 Å². The van der Waals surface area contributed by atoms with Crippen molar-refractivity contribution in [3.8, 4) is 11.5 Å². The van der Waals surface area contributed by atoms with E-state index < -0.39 is 0 Å². The fraction of sp³-hybridized carbons (Fsp3) is 0.611. The normalized spacial score (nSPS) is 21.3. The van der Waals surface area contributed by atoms with Gasteiger partial charge in [-0.3, -0.25) is 9.88 Å². The third-order valence-corrected chi connectivity index (χ3v) is 5.15. The maximum atomic E-state index is 5.53. The van der Waals surface area contributed by atoms with E-state index >= 15 is 0 Å². The van der Waals surface area contributed by atoms with Crippen LogP contribution < -0.4 is 9.47 Å². The van der Waals surface area contributed by atoms with Gasteiger partial charge in [-0.25, -0.2) is 0 Å². The predicted octanol–water partition coefficient (Wildman–Crippen LogP) is 2.40. The fourth-order valence-corrected chi connectivity index (χ4v) is 3.76. The molecule has 0 bridgehead atoms. The standard InChI is InChI=1S/C18H25N5O2/c1-24-16-7-8-19-15(17(16)25-2)11-22-9-3-4-13(10-22)18-21-20-12-23(18)14-5-6-14/h7-8,12-14H,3-6,9-11H2,1-2H3/t13-/m0/s1. The lowest BCUT2D eigenvalue weighted by molar-refractivity contribution is 0.189. The zero-order chi connectivity index (χ0) is 17.2.